The molecule has 0 unspecified atom stereocenters. The van der Waals surface area contributed by atoms with Crippen LogP contribution in [0.4, 0.5) is 13.2 Å². The molecule has 2 aromatic rings. The highest BCUT2D eigenvalue weighted by Gasteiger charge is 2.30. The summed E-state index contributed by atoms with van der Waals surface area (Å²) in [4.78, 5) is 2.26. The van der Waals surface area contributed by atoms with Crippen LogP contribution < -0.4 is 0 Å². The molecule has 0 saturated carbocycles. The van der Waals surface area contributed by atoms with Gasteiger partial charge in [-0.15, -0.1) is 11.3 Å². The molecule has 0 saturated heterocycles. The number of aryl methyl sites for hydroxylation is 1. The predicted molar refractivity (Wildman–Crippen MR) is 63.3 cm³/mol. The third-order valence-electron chi connectivity index (χ3n) is 2.43. The molecule has 0 N–H and O–H groups in total. The molecule has 1 aromatic carbocycles. The molecule has 0 spiro atoms. The fourth-order valence-electron chi connectivity index (χ4n) is 1.64. The van der Waals surface area contributed by atoms with Crippen molar-refractivity contribution in [3.05, 3.63) is 57.3 Å². The van der Waals surface area contributed by atoms with Crippen LogP contribution in [0, 0.1) is 6.92 Å². The first kappa shape index (κ1) is 12.2. The Morgan fingerprint density at radius 3 is 2.47 bits per heavy atom. The van der Waals surface area contributed by atoms with Crippen molar-refractivity contribution in [1.82, 2.24) is 0 Å². The van der Waals surface area contributed by atoms with Crippen molar-refractivity contribution in [2.75, 3.05) is 0 Å². The van der Waals surface area contributed by atoms with Crippen molar-refractivity contribution >= 4 is 11.3 Å². The van der Waals surface area contributed by atoms with Crippen LogP contribution in [0.25, 0.3) is 0 Å². The molecule has 1 aromatic heterocycles. The van der Waals surface area contributed by atoms with Crippen LogP contribution in [-0.2, 0) is 12.6 Å². The summed E-state index contributed by atoms with van der Waals surface area (Å²) < 4.78 is 37.5. The normalized spacial score (nSPS) is 11.8. The minimum atomic E-state index is -4.26. The average Bonchev–Trinajstić information content (AvgIpc) is 2.63. The largest absolute Gasteiger partial charge is 0.416 e. The van der Waals surface area contributed by atoms with Crippen LogP contribution in [0.2, 0.25) is 0 Å². The first-order valence-corrected chi connectivity index (χ1v) is 5.98. The summed E-state index contributed by atoms with van der Waals surface area (Å²) in [7, 11) is 0. The van der Waals surface area contributed by atoms with E-state index < -0.39 is 11.7 Å². The first-order chi connectivity index (χ1) is 7.95. The van der Waals surface area contributed by atoms with Crippen molar-refractivity contribution in [1.29, 1.82) is 0 Å². The molecule has 4 heteroatoms. The van der Waals surface area contributed by atoms with Gasteiger partial charge in [0.2, 0.25) is 0 Å². The van der Waals surface area contributed by atoms with E-state index in [4.69, 9.17) is 0 Å². The number of thiophene rings is 1. The Morgan fingerprint density at radius 1 is 1.12 bits per heavy atom. The van der Waals surface area contributed by atoms with Crippen LogP contribution in [0.1, 0.15) is 20.9 Å². The lowest BCUT2D eigenvalue weighted by atomic mass is 10.1. The summed E-state index contributed by atoms with van der Waals surface area (Å²) in [6.45, 7) is 1.99. The molecule has 0 amide bonds. The van der Waals surface area contributed by atoms with Crippen LogP contribution in [0.3, 0.4) is 0 Å². The Bertz CT molecular complexity index is 511. The Hall–Kier alpha value is -1.29. The van der Waals surface area contributed by atoms with Gasteiger partial charge in [-0.2, -0.15) is 13.2 Å². The van der Waals surface area contributed by atoms with Crippen molar-refractivity contribution in [3.63, 3.8) is 0 Å². The van der Waals surface area contributed by atoms with Gasteiger partial charge in [0.1, 0.15) is 0 Å². The topological polar surface area (TPSA) is 0 Å². The van der Waals surface area contributed by atoms with E-state index in [1.165, 1.54) is 17.0 Å². The molecule has 0 aliphatic heterocycles. The van der Waals surface area contributed by atoms with Gasteiger partial charge < -0.3 is 0 Å². The quantitative estimate of drug-likeness (QED) is 0.732. The van der Waals surface area contributed by atoms with E-state index >= 15 is 0 Å². The highest BCUT2D eigenvalue weighted by Crippen LogP contribution is 2.30. The zero-order valence-electron chi connectivity index (χ0n) is 9.21. The summed E-state index contributed by atoms with van der Waals surface area (Å²) in [5, 5.41) is 0. The van der Waals surface area contributed by atoms with E-state index in [1.807, 2.05) is 19.1 Å². The molecular formula is C13H11F3S. The molecule has 0 atom stereocenters. The number of benzene rings is 1. The highest BCUT2D eigenvalue weighted by molar-refractivity contribution is 7.11. The van der Waals surface area contributed by atoms with E-state index in [1.54, 1.807) is 17.4 Å². The molecule has 2 rings (SSSR count). The summed E-state index contributed by atoms with van der Waals surface area (Å²) in [5.41, 5.74) is 0.116. The zero-order valence-corrected chi connectivity index (χ0v) is 10.0. The molecule has 0 nitrogen and oxygen atoms in total. The molecular weight excluding hydrogens is 245 g/mol. The second-order valence-corrected chi connectivity index (χ2v) is 5.26. The van der Waals surface area contributed by atoms with Gasteiger partial charge in [0.15, 0.2) is 0 Å². The average molecular weight is 256 g/mol. The van der Waals surface area contributed by atoms with Gasteiger partial charge in [-0.3, -0.25) is 0 Å². The molecule has 0 bridgehead atoms. The smallest absolute Gasteiger partial charge is 0.166 e. The lowest BCUT2D eigenvalue weighted by molar-refractivity contribution is -0.137. The van der Waals surface area contributed by atoms with Gasteiger partial charge in [-0.05, 0) is 30.7 Å². The summed E-state index contributed by atoms with van der Waals surface area (Å²) in [5.74, 6) is 0. The van der Waals surface area contributed by atoms with E-state index in [0.717, 1.165) is 10.9 Å². The van der Waals surface area contributed by atoms with Gasteiger partial charge >= 0.3 is 6.18 Å². The maximum atomic E-state index is 12.5. The SMILES string of the molecule is Cc1ccc(Cc2cccc(C(F)(F)F)c2)s1. The summed E-state index contributed by atoms with van der Waals surface area (Å²) in [6, 6.07) is 9.44. The van der Waals surface area contributed by atoms with Crippen LogP contribution in [0.15, 0.2) is 36.4 Å². The number of hydrogen-bond donors (Lipinski definition) is 0. The van der Waals surface area contributed by atoms with Crippen LogP contribution in [0.5, 0.6) is 0 Å². The summed E-state index contributed by atoms with van der Waals surface area (Å²) in [6.07, 6.45) is -3.70. The van der Waals surface area contributed by atoms with E-state index in [-0.39, 0.29) is 0 Å². The van der Waals surface area contributed by atoms with E-state index in [0.29, 0.717) is 12.0 Å². The third-order valence-corrected chi connectivity index (χ3v) is 3.43. The van der Waals surface area contributed by atoms with Gasteiger partial charge in [0.05, 0.1) is 5.56 Å². The van der Waals surface area contributed by atoms with Crippen molar-refractivity contribution in [2.45, 2.75) is 19.5 Å². The summed E-state index contributed by atoms with van der Waals surface area (Å²) >= 11 is 1.61. The first-order valence-electron chi connectivity index (χ1n) is 5.16. The molecule has 0 fully saturated rings. The Morgan fingerprint density at radius 2 is 1.88 bits per heavy atom. The second-order valence-electron chi connectivity index (χ2n) is 3.89. The highest BCUT2D eigenvalue weighted by atomic mass is 32.1. The number of halogens is 3. The van der Waals surface area contributed by atoms with E-state index in [9.17, 15) is 13.2 Å². The number of hydrogen-bond acceptors (Lipinski definition) is 1. The molecule has 17 heavy (non-hydrogen) atoms. The third kappa shape index (κ3) is 3.09. The minimum Gasteiger partial charge on any atom is -0.166 e. The predicted octanol–water partition coefficient (Wildman–Crippen LogP) is 4.67. The van der Waals surface area contributed by atoms with Crippen LogP contribution in [-0.4, -0.2) is 0 Å². The fourth-order valence-corrected chi connectivity index (χ4v) is 2.56. The fraction of sp³-hybridized carbons (Fsp3) is 0.231. The van der Waals surface area contributed by atoms with E-state index in [2.05, 4.69) is 0 Å². The monoisotopic (exact) mass is 256 g/mol. The second kappa shape index (κ2) is 4.53. The molecule has 90 valence electrons. The van der Waals surface area contributed by atoms with Crippen molar-refractivity contribution in [3.8, 4) is 0 Å². The van der Waals surface area contributed by atoms with Gasteiger partial charge in [-0.1, -0.05) is 18.2 Å². The van der Waals surface area contributed by atoms with Crippen molar-refractivity contribution in [2.24, 2.45) is 0 Å². The number of alkyl halides is 3. The molecule has 0 aliphatic carbocycles. The molecule has 0 aliphatic rings. The van der Waals surface area contributed by atoms with Crippen LogP contribution >= 0.6 is 11.3 Å². The van der Waals surface area contributed by atoms with Gasteiger partial charge in [-0.25, -0.2) is 0 Å². The lowest BCUT2D eigenvalue weighted by Gasteiger charge is -2.08. The number of rotatable bonds is 2. The Balaban J connectivity index is 2.22. The maximum Gasteiger partial charge on any atom is 0.416 e. The molecule has 1 heterocycles. The van der Waals surface area contributed by atoms with Gasteiger partial charge in [0.25, 0.3) is 0 Å². The standard InChI is InChI=1S/C13H11F3S/c1-9-5-6-12(17-9)8-10-3-2-4-11(7-10)13(14,15)16/h2-7H,8H2,1H3. The Kier molecular flexibility index (Phi) is 3.24. The molecule has 0 radical (unpaired) electrons. The van der Waals surface area contributed by atoms with Gasteiger partial charge in [0, 0.05) is 16.2 Å². The zero-order chi connectivity index (χ0) is 12.5. The minimum absolute atomic E-state index is 0.558. The maximum absolute atomic E-state index is 12.5. The Labute approximate surface area is 102 Å². The lowest BCUT2D eigenvalue weighted by Crippen LogP contribution is -2.05. The van der Waals surface area contributed by atoms with Crippen molar-refractivity contribution < 1.29 is 13.2 Å².